The zero-order valence-electron chi connectivity index (χ0n) is 9.17. The number of amides is 1. The molecule has 7 nitrogen and oxygen atoms in total. The number of hydrogen-bond acceptors (Lipinski definition) is 5. The highest BCUT2D eigenvalue weighted by molar-refractivity contribution is 7.90. The minimum atomic E-state index is -3.94. The van der Waals surface area contributed by atoms with Crippen LogP contribution >= 0.6 is 0 Å². The van der Waals surface area contributed by atoms with Gasteiger partial charge in [0, 0.05) is 12.2 Å². The van der Waals surface area contributed by atoms with Gasteiger partial charge in [0.25, 0.3) is 10.0 Å². The number of aromatic nitrogens is 2. The Morgan fingerprint density at radius 1 is 1.56 bits per heavy atom. The van der Waals surface area contributed by atoms with Crippen molar-refractivity contribution in [2.75, 3.05) is 7.11 Å². The molecule has 0 atom stereocenters. The van der Waals surface area contributed by atoms with Crippen molar-refractivity contribution in [2.24, 2.45) is 0 Å². The van der Waals surface area contributed by atoms with E-state index < -0.39 is 16.1 Å². The molecule has 1 rings (SSSR count). The molecule has 0 saturated carbocycles. The van der Waals surface area contributed by atoms with Crippen LogP contribution in [0.3, 0.4) is 0 Å². The van der Waals surface area contributed by atoms with Gasteiger partial charge in [-0.05, 0) is 19.9 Å². The van der Waals surface area contributed by atoms with Gasteiger partial charge in [0.1, 0.15) is 0 Å². The Balaban J connectivity index is 2.94. The zero-order chi connectivity index (χ0) is 12.3. The lowest BCUT2D eigenvalue weighted by Crippen LogP contribution is -2.30. The SMILES string of the molecule is COC(=O)NS(=O)(=O)c1ccn(C(C)C)n1. The number of carbonyl (C=O) groups is 1. The van der Waals surface area contributed by atoms with Gasteiger partial charge >= 0.3 is 6.09 Å². The van der Waals surface area contributed by atoms with Gasteiger partial charge in [-0.3, -0.25) is 4.68 Å². The van der Waals surface area contributed by atoms with Gasteiger partial charge in [-0.1, -0.05) is 0 Å². The summed E-state index contributed by atoms with van der Waals surface area (Å²) >= 11 is 0. The Bertz CT molecular complexity index is 477. The number of carbonyl (C=O) groups excluding carboxylic acids is 1. The molecule has 0 bridgehead atoms. The highest BCUT2D eigenvalue weighted by atomic mass is 32.2. The van der Waals surface area contributed by atoms with E-state index in [0.717, 1.165) is 7.11 Å². The molecule has 0 spiro atoms. The van der Waals surface area contributed by atoms with E-state index >= 15 is 0 Å². The van der Waals surface area contributed by atoms with E-state index in [4.69, 9.17) is 0 Å². The number of nitrogens with zero attached hydrogens (tertiary/aromatic N) is 2. The fraction of sp³-hybridized carbons (Fsp3) is 0.500. The van der Waals surface area contributed by atoms with Crippen molar-refractivity contribution in [1.29, 1.82) is 0 Å². The van der Waals surface area contributed by atoms with Crippen LogP contribution in [0.4, 0.5) is 4.79 Å². The third-order valence-electron chi connectivity index (χ3n) is 1.79. The first-order valence-electron chi connectivity index (χ1n) is 4.52. The van der Waals surface area contributed by atoms with Gasteiger partial charge in [0.05, 0.1) is 7.11 Å². The van der Waals surface area contributed by atoms with E-state index in [-0.39, 0.29) is 11.1 Å². The minimum absolute atomic E-state index is 0.0436. The fourth-order valence-corrected chi connectivity index (χ4v) is 1.80. The molecule has 0 aliphatic carbocycles. The standard InChI is InChI=1S/C8H13N3O4S/c1-6(2)11-5-4-7(9-11)16(13,14)10-8(12)15-3/h4-6H,1-3H3,(H,10,12). The quantitative estimate of drug-likeness (QED) is 0.840. The molecule has 0 aliphatic rings. The second-order valence-corrected chi connectivity index (χ2v) is 4.95. The molecule has 1 aromatic heterocycles. The lowest BCUT2D eigenvalue weighted by atomic mass is 10.4. The molecule has 0 radical (unpaired) electrons. The molecule has 0 aromatic carbocycles. The largest absolute Gasteiger partial charge is 0.452 e. The number of hydrogen-bond donors (Lipinski definition) is 1. The molecule has 1 heterocycles. The predicted octanol–water partition coefficient (Wildman–Crippen LogP) is 0.509. The van der Waals surface area contributed by atoms with Gasteiger partial charge in [0.2, 0.25) is 0 Å². The van der Waals surface area contributed by atoms with E-state index in [2.05, 4.69) is 9.84 Å². The molecule has 0 unspecified atom stereocenters. The molecular formula is C8H13N3O4S. The summed E-state index contributed by atoms with van der Waals surface area (Å²) in [6.07, 6.45) is 0.482. The number of sulfonamides is 1. The maximum Gasteiger partial charge on any atom is 0.420 e. The third kappa shape index (κ3) is 2.72. The highest BCUT2D eigenvalue weighted by Crippen LogP contribution is 2.09. The maximum absolute atomic E-state index is 11.5. The van der Waals surface area contributed by atoms with Crippen molar-refractivity contribution in [1.82, 2.24) is 14.5 Å². The average Bonchev–Trinajstić information content (AvgIpc) is 2.66. The van der Waals surface area contributed by atoms with E-state index in [1.54, 1.807) is 4.72 Å². The maximum atomic E-state index is 11.5. The second kappa shape index (κ2) is 4.52. The van der Waals surface area contributed by atoms with Crippen molar-refractivity contribution in [2.45, 2.75) is 24.9 Å². The molecular weight excluding hydrogens is 234 g/mol. The van der Waals surface area contributed by atoms with Crippen molar-refractivity contribution in [3.63, 3.8) is 0 Å². The highest BCUT2D eigenvalue weighted by Gasteiger charge is 2.21. The van der Waals surface area contributed by atoms with Crippen molar-refractivity contribution < 1.29 is 17.9 Å². The van der Waals surface area contributed by atoms with Crippen molar-refractivity contribution >= 4 is 16.1 Å². The number of nitrogens with one attached hydrogen (secondary N) is 1. The van der Waals surface area contributed by atoms with Crippen LogP contribution in [0.2, 0.25) is 0 Å². The summed E-state index contributed by atoms with van der Waals surface area (Å²) in [5, 5.41) is 3.61. The minimum Gasteiger partial charge on any atom is -0.452 e. The lowest BCUT2D eigenvalue weighted by molar-refractivity contribution is 0.177. The molecule has 16 heavy (non-hydrogen) atoms. The van der Waals surface area contributed by atoms with E-state index in [1.165, 1.54) is 16.9 Å². The summed E-state index contributed by atoms with van der Waals surface area (Å²) in [6, 6.07) is 1.35. The first-order valence-corrected chi connectivity index (χ1v) is 6.01. The van der Waals surface area contributed by atoms with Crippen LogP contribution in [0.25, 0.3) is 0 Å². The molecule has 1 amide bonds. The van der Waals surface area contributed by atoms with Crippen molar-refractivity contribution in [3.8, 4) is 0 Å². The molecule has 8 heteroatoms. The zero-order valence-corrected chi connectivity index (χ0v) is 9.98. The number of rotatable bonds is 3. The summed E-state index contributed by atoms with van der Waals surface area (Å²) in [5.41, 5.74) is 0. The summed E-state index contributed by atoms with van der Waals surface area (Å²) in [5.74, 6) is 0. The van der Waals surface area contributed by atoms with Crippen LogP contribution in [-0.2, 0) is 14.8 Å². The Hall–Kier alpha value is -1.57. The van der Waals surface area contributed by atoms with E-state index in [0.29, 0.717) is 0 Å². The van der Waals surface area contributed by atoms with Crippen molar-refractivity contribution in [3.05, 3.63) is 12.3 Å². The molecule has 0 saturated heterocycles. The number of methoxy groups -OCH3 is 1. The van der Waals surface area contributed by atoms with Crippen LogP contribution in [0.15, 0.2) is 17.3 Å². The Morgan fingerprint density at radius 2 is 2.19 bits per heavy atom. The van der Waals surface area contributed by atoms with Crippen LogP contribution in [0, 0.1) is 0 Å². The summed E-state index contributed by atoms with van der Waals surface area (Å²) in [6.45, 7) is 3.72. The summed E-state index contributed by atoms with van der Waals surface area (Å²) < 4.78 is 30.5. The molecule has 1 N–H and O–H groups in total. The smallest absolute Gasteiger partial charge is 0.420 e. The van der Waals surface area contributed by atoms with Crippen LogP contribution < -0.4 is 4.72 Å². The van der Waals surface area contributed by atoms with E-state index in [9.17, 15) is 13.2 Å². The van der Waals surface area contributed by atoms with Gasteiger partial charge < -0.3 is 4.74 Å². The normalized spacial score (nSPS) is 11.5. The van der Waals surface area contributed by atoms with Gasteiger partial charge in [-0.2, -0.15) is 13.5 Å². The Kier molecular flexibility index (Phi) is 3.53. The van der Waals surface area contributed by atoms with Gasteiger partial charge in [-0.15, -0.1) is 0 Å². The summed E-state index contributed by atoms with van der Waals surface area (Å²) in [7, 11) is -2.86. The predicted molar refractivity (Wildman–Crippen MR) is 55.3 cm³/mol. The van der Waals surface area contributed by atoms with Crippen LogP contribution in [0.1, 0.15) is 19.9 Å². The van der Waals surface area contributed by atoms with Crippen LogP contribution in [0.5, 0.6) is 0 Å². The van der Waals surface area contributed by atoms with Gasteiger partial charge in [0.15, 0.2) is 5.03 Å². The Labute approximate surface area is 93.4 Å². The monoisotopic (exact) mass is 247 g/mol. The topological polar surface area (TPSA) is 90.3 Å². The first-order chi connectivity index (χ1) is 7.36. The average molecular weight is 247 g/mol. The van der Waals surface area contributed by atoms with E-state index in [1.807, 2.05) is 13.8 Å². The molecule has 0 aliphatic heterocycles. The third-order valence-corrected chi connectivity index (χ3v) is 3.00. The first kappa shape index (κ1) is 12.5. The molecule has 0 fully saturated rings. The summed E-state index contributed by atoms with van der Waals surface area (Å²) in [4.78, 5) is 10.8. The van der Waals surface area contributed by atoms with Crippen LogP contribution in [-0.4, -0.2) is 31.4 Å². The second-order valence-electron chi connectivity index (χ2n) is 3.32. The number of ether oxygens (including phenoxy) is 1. The molecule has 1 aromatic rings. The fourth-order valence-electron chi connectivity index (χ4n) is 0.955. The Morgan fingerprint density at radius 3 is 2.62 bits per heavy atom. The molecule has 90 valence electrons. The lowest BCUT2D eigenvalue weighted by Gasteiger charge is -2.04. The van der Waals surface area contributed by atoms with Gasteiger partial charge in [-0.25, -0.2) is 9.52 Å².